The normalized spacial score (nSPS) is 17.5. The maximum absolute atomic E-state index is 13.3. The van der Waals surface area contributed by atoms with Crippen LogP contribution < -0.4 is 9.64 Å². The van der Waals surface area contributed by atoms with Crippen LogP contribution in [0.3, 0.4) is 0 Å². The van der Waals surface area contributed by atoms with Crippen LogP contribution in [0.2, 0.25) is 0 Å². The summed E-state index contributed by atoms with van der Waals surface area (Å²) in [5, 5.41) is 11.7. The van der Waals surface area contributed by atoms with Crippen molar-refractivity contribution >= 4 is 44.1 Å². The second-order valence-electron chi connectivity index (χ2n) is 8.65. The van der Waals surface area contributed by atoms with Gasteiger partial charge < -0.3 is 9.84 Å². The molecule has 0 aliphatic carbocycles. The van der Waals surface area contributed by atoms with E-state index in [9.17, 15) is 14.7 Å². The van der Waals surface area contributed by atoms with Crippen LogP contribution in [-0.4, -0.2) is 33.4 Å². The van der Waals surface area contributed by atoms with Gasteiger partial charge in [-0.2, -0.15) is 0 Å². The Morgan fingerprint density at radius 2 is 1.94 bits per heavy atom. The summed E-state index contributed by atoms with van der Waals surface area (Å²) in [6, 6.07) is 17.1. The first-order chi connectivity index (χ1) is 16.9. The third-order valence-electron chi connectivity index (χ3n) is 5.62. The van der Waals surface area contributed by atoms with E-state index in [1.54, 1.807) is 48.8 Å². The third kappa shape index (κ3) is 4.28. The molecule has 1 fully saturated rings. The van der Waals surface area contributed by atoms with Gasteiger partial charge in [0, 0.05) is 18.0 Å². The Kier molecular flexibility index (Phi) is 6.05. The van der Waals surface area contributed by atoms with Crippen LogP contribution >= 0.6 is 11.3 Å². The summed E-state index contributed by atoms with van der Waals surface area (Å²) in [5.41, 5.74) is 1.71. The van der Waals surface area contributed by atoms with Gasteiger partial charge in [0.05, 0.1) is 28.4 Å². The van der Waals surface area contributed by atoms with E-state index in [-0.39, 0.29) is 11.3 Å². The number of rotatable bonds is 6. The zero-order valence-electron chi connectivity index (χ0n) is 19.2. The molecule has 3 heterocycles. The van der Waals surface area contributed by atoms with E-state index in [4.69, 9.17) is 4.74 Å². The smallest absolute Gasteiger partial charge is 0.301 e. The van der Waals surface area contributed by atoms with E-state index < -0.39 is 17.7 Å². The molecule has 8 heteroatoms. The van der Waals surface area contributed by atoms with E-state index in [1.165, 1.54) is 16.2 Å². The Hall–Kier alpha value is -4.04. The predicted octanol–water partition coefficient (Wildman–Crippen LogP) is 5.35. The van der Waals surface area contributed by atoms with Crippen LogP contribution in [-0.2, 0) is 9.59 Å². The van der Waals surface area contributed by atoms with Gasteiger partial charge in [0.25, 0.3) is 5.78 Å². The lowest BCUT2D eigenvalue weighted by Gasteiger charge is -2.22. The molecule has 1 aliphatic rings. The number of aliphatic hydroxyl groups excluding tert-OH is 1. The molecule has 1 N–H and O–H groups in total. The summed E-state index contributed by atoms with van der Waals surface area (Å²) in [5.74, 6) is -0.885. The Labute approximate surface area is 206 Å². The number of thiazole rings is 1. The van der Waals surface area contributed by atoms with Crippen LogP contribution in [0.1, 0.15) is 31.0 Å². The Morgan fingerprint density at radius 1 is 1.11 bits per heavy atom. The van der Waals surface area contributed by atoms with Crippen molar-refractivity contribution in [3.8, 4) is 5.75 Å². The molecule has 2 aromatic carbocycles. The van der Waals surface area contributed by atoms with Gasteiger partial charge in [-0.15, -0.1) is 0 Å². The van der Waals surface area contributed by atoms with E-state index in [0.717, 1.165) is 10.2 Å². The number of ketones is 1. The molecule has 176 valence electrons. The summed E-state index contributed by atoms with van der Waals surface area (Å²) in [6.45, 7) is 4.60. The van der Waals surface area contributed by atoms with Crippen molar-refractivity contribution in [2.24, 2.45) is 5.92 Å². The zero-order valence-corrected chi connectivity index (χ0v) is 20.0. The number of amides is 1. The highest BCUT2D eigenvalue weighted by Gasteiger charge is 2.48. The molecule has 35 heavy (non-hydrogen) atoms. The van der Waals surface area contributed by atoms with Crippen LogP contribution in [0.4, 0.5) is 5.13 Å². The number of carbonyl (C=O) groups excluding carboxylic acids is 2. The topological polar surface area (TPSA) is 92.6 Å². The van der Waals surface area contributed by atoms with Gasteiger partial charge in [-0.1, -0.05) is 55.5 Å². The lowest BCUT2D eigenvalue weighted by Crippen LogP contribution is -2.29. The number of anilines is 1. The van der Waals surface area contributed by atoms with Gasteiger partial charge >= 0.3 is 5.91 Å². The number of ether oxygens (including phenoxy) is 1. The van der Waals surface area contributed by atoms with Crippen molar-refractivity contribution in [2.45, 2.75) is 19.9 Å². The van der Waals surface area contributed by atoms with E-state index in [2.05, 4.69) is 9.97 Å². The number of hydrogen-bond acceptors (Lipinski definition) is 7. The van der Waals surface area contributed by atoms with Crippen molar-refractivity contribution in [2.75, 3.05) is 11.5 Å². The van der Waals surface area contributed by atoms with Gasteiger partial charge in [0.15, 0.2) is 5.13 Å². The molecule has 0 radical (unpaired) electrons. The fourth-order valence-corrected chi connectivity index (χ4v) is 4.99. The molecule has 0 spiro atoms. The molecule has 7 nitrogen and oxygen atoms in total. The largest absolute Gasteiger partial charge is 0.507 e. The number of Topliss-reactive ketones (excluding diaryl/α,β-unsaturated/α-hetero) is 1. The standard InChI is InChI=1S/C27H23N3O4S/c1-16(2)15-34-19-9-5-7-17(13-19)24(31)22-23(18-8-6-12-28-14-18)30(26(33)25(22)32)27-29-20-10-3-4-11-21(20)35-27/h3-14,16,23,31H,15H2,1-2H3/b24-22+. The number of fused-ring (bicyclic) bond motifs is 1. The Balaban J connectivity index is 1.64. The van der Waals surface area contributed by atoms with Crippen LogP contribution in [0.25, 0.3) is 16.0 Å². The number of nitrogens with zero attached hydrogens (tertiary/aromatic N) is 3. The maximum atomic E-state index is 13.3. The number of benzene rings is 2. The summed E-state index contributed by atoms with van der Waals surface area (Å²) < 4.78 is 6.68. The number of carbonyl (C=O) groups is 2. The van der Waals surface area contributed by atoms with E-state index in [1.807, 2.05) is 38.1 Å². The molecule has 1 aliphatic heterocycles. The highest BCUT2D eigenvalue weighted by molar-refractivity contribution is 7.22. The Morgan fingerprint density at radius 3 is 2.69 bits per heavy atom. The zero-order chi connectivity index (χ0) is 24.5. The Bertz CT molecular complexity index is 1410. The highest BCUT2D eigenvalue weighted by atomic mass is 32.1. The van der Waals surface area contributed by atoms with Gasteiger partial charge in [-0.05, 0) is 41.8 Å². The third-order valence-corrected chi connectivity index (χ3v) is 6.66. The average Bonchev–Trinajstić information content (AvgIpc) is 3.41. The number of aromatic nitrogens is 2. The van der Waals surface area contributed by atoms with Gasteiger partial charge in [0.2, 0.25) is 0 Å². The summed E-state index contributed by atoms with van der Waals surface area (Å²) in [7, 11) is 0. The van der Waals surface area contributed by atoms with Crippen molar-refractivity contribution in [1.29, 1.82) is 0 Å². The van der Waals surface area contributed by atoms with Gasteiger partial charge in [-0.25, -0.2) is 4.98 Å². The molecule has 4 aromatic rings. The first-order valence-corrected chi connectivity index (χ1v) is 12.1. The highest BCUT2D eigenvalue weighted by Crippen LogP contribution is 2.44. The van der Waals surface area contributed by atoms with Crippen molar-refractivity contribution in [3.63, 3.8) is 0 Å². The minimum absolute atomic E-state index is 0.0109. The summed E-state index contributed by atoms with van der Waals surface area (Å²) >= 11 is 1.32. The molecule has 1 saturated heterocycles. The summed E-state index contributed by atoms with van der Waals surface area (Å²) in [4.78, 5) is 36.8. The van der Waals surface area contributed by atoms with Gasteiger partial charge in [-0.3, -0.25) is 19.5 Å². The molecule has 0 saturated carbocycles. The number of hydrogen-bond donors (Lipinski definition) is 1. The minimum atomic E-state index is -0.871. The number of aliphatic hydroxyl groups is 1. The van der Waals surface area contributed by atoms with Crippen LogP contribution in [0, 0.1) is 5.92 Å². The van der Waals surface area contributed by atoms with Crippen LogP contribution in [0.15, 0.2) is 78.6 Å². The molecule has 1 amide bonds. The molecular formula is C27H23N3O4S. The SMILES string of the molecule is CC(C)COc1cccc(/C(O)=C2\C(=O)C(=O)N(c3nc4ccccc4s3)C2c2cccnc2)c1. The number of pyridine rings is 1. The first-order valence-electron chi connectivity index (χ1n) is 11.2. The lowest BCUT2D eigenvalue weighted by molar-refractivity contribution is -0.132. The molecular weight excluding hydrogens is 462 g/mol. The quantitative estimate of drug-likeness (QED) is 0.225. The lowest BCUT2D eigenvalue weighted by atomic mass is 9.96. The van der Waals surface area contributed by atoms with Crippen molar-refractivity contribution in [1.82, 2.24) is 9.97 Å². The maximum Gasteiger partial charge on any atom is 0.301 e. The van der Waals surface area contributed by atoms with Gasteiger partial charge in [0.1, 0.15) is 11.5 Å². The minimum Gasteiger partial charge on any atom is -0.507 e. The fourth-order valence-electron chi connectivity index (χ4n) is 4.00. The second-order valence-corrected chi connectivity index (χ2v) is 9.66. The predicted molar refractivity (Wildman–Crippen MR) is 135 cm³/mol. The molecule has 5 rings (SSSR count). The van der Waals surface area contributed by atoms with E-state index >= 15 is 0 Å². The average molecular weight is 486 g/mol. The van der Waals surface area contributed by atoms with Crippen LogP contribution in [0.5, 0.6) is 5.75 Å². The molecule has 1 atom stereocenters. The number of para-hydroxylation sites is 1. The van der Waals surface area contributed by atoms with Crippen molar-refractivity contribution in [3.05, 3.63) is 89.8 Å². The first kappa shape index (κ1) is 22.7. The monoisotopic (exact) mass is 485 g/mol. The molecule has 2 aromatic heterocycles. The van der Waals surface area contributed by atoms with Crippen molar-refractivity contribution < 1.29 is 19.4 Å². The molecule has 1 unspecified atom stereocenters. The summed E-state index contributed by atoms with van der Waals surface area (Å²) in [6.07, 6.45) is 3.20. The molecule has 0 bridgehead atoms. The fraction of sp³-hybridized carbons (Fsp3) is 0.185. The second kappa shape index (κ2) is 9.31. The van der Waals surface area contributed by atoms with E-state index in [0.29, 0.717) is 34.5 Å².